The first-order chi connectivity index (χ1) is 21.7. The van der Waals surface area contributed by atoms with Crippen LogP contribution in [0.3, 0.4) is 0 Å². The molecule has 0 atom stereocenters. The Bertz CT molecular complexity index is 1650. The molecule has 0 aromatic carbocycles. The predicted molar refractivity (Wildman–Crippen MR) is 182 cm³/mol. The molecule has 1 aliphatic rings. The van der Waals surface area contributed by atoms with Crippen LogP contribution in [0.5, 0.6) is 5.75 Å². The highest BCUT2D eigenvalue weighted by Gasteiger charge is 2.28. The van der Waals surface area contributed by atoms with Crippen molar-refractivity contribution in [2.24, 2.45) is 0 Å². The fourth-order valence-electron chi connectivity index (χ4n) is 5.50. The summed E-state index contributed by atoms with van der Waals surface area (Å²) in [5, 5.41) is 9.51. The molecule has 13 heteroatoms. The minimum Gasteiger partial charge on any atom is -0.493 e. The van der Waals surface area contributed by atoms with Gasteiger partial charge in [-0.2, -0.15) is 10.2 Å². The Morgan fingerprint density at radius 2 is 1.80 bits per heavy atom. The molecule has 0 N–H and O–H groups in total. The Morgan fingerprint density at radius 1 is 1.07 bits per heavy atom. The quantitative estimate of drug-likeness (QED) is 0.148. The number of anilines is 1. The molecule has 248 valence electrons. The largest absolute Gasteiger partial charge is 0.493 e. The van der Waals surface area contributed by atoms with E-state index in [9.17, 15) is 4.79 Å². The van der Waals surface area contributed by atoms with E-state index >= 15 is 0 Å². The Balaban J connectivity index is 1.45. The normalized spacial score (nSPS) is 14.4. The molecule has 0 radical (unpaired) electrons. The highest BCUT2D eigenvalue weighted by molar-refractivity contribution is 6.76. The van der Waals surface area contributed by atoms with Gasteiger partial charge in [0.05, 0.1) is 30.4 Å². The first kappa shape index (κ1) is 33.4. The molecule has 0 unspecified atom stereocenters. The van der Waals surface area contributed by atoms with E-state index in [-0.39, 0.29) is 12.0 Å². The number of hydrogen-bond donors (Lipinski definition) is 0. The third kappa shape index (κ3) is 7.69. The summed E-state index contributed by atoms with van der Waals surface area (Å²) in [7, 11) is 0.388. The van der Waals surface area contributed by atoms with Gasteiger partial charge in [-0.15, -0.1) is 0 Å². The lowest BCUT2D eigenvalue weighted by Gasteiger charge is -2.36. The molecule has 0 aliphatic carbocycles. The van der Waals surface area contributed by atoms with Gasteiger partial charge >= 0.3 is 6.09 Å². The summed E-state index contributed by atoms with van der Waals surface area (Å²) in [6, 6.07) is 7.18. The molecule has 1 fully saturated rings. The van der Waals surface area contributed by atoms with Crippen LogP contribution in [0.1, 0.15) is 46.1 Å². The van der Waals surface area contributed by atoms with Crippen molar-refractivity contribution in [1.29, 1.82) is 0 Å². The van der Waals surface area contributed by atoms with Crippen molar-refractivity contribution in [2.75, 3.05) is 44.8 Å². The minimum atomic E-state index is -1.25. The number of rotatable bonds is 10. The number of fused-ring (bicyclic) bond motifs is 1. The first-order valence-corrected chi connectivity index (χ1v) is 19.7. The minimum absolute atomic E-state index is 0.139. The van der Waals surface area contributed by atoms with Gasteiger partial charge in [-0.05, 0) is 50.9 Å². The SMILES string of the molecule is COc1cc(-c2c(C(C)C)c(-c3ccc(N4CCN(C(=O)OC(C)(C)C)CC4)cn3)nn2COCC[Si](C)(C)C)cn2ncnc12. The van der Waals surface area contributed by atoms with Gasteiger partial charge in [0.15, 0.2) is 11.4 Å². The molecule has 0 spiro atoms. The molecule has 12 nitrogen and oxygen atoms in total. The molecule has 4 aromatic heterocycles. The molecule has 5 rings (SSSR count). The Morgan fingerprint density at radius 3 is 2.41 bits per heavy atom. The molecule has 4 aromatic rings. The van der Waals surface area contributed by atoms with Crippen molar-refractivity contribution in [3.05, 3.63) is 42.5 Å². The first-order valence-electron chi connectivity index (χ1n) is 16.0. The highest BCUT2D eigenvalue weighted by atomic mass is 28.3. The smallest absolute Gasteiger partial charge is 0.410 e. The lowest BCUT2D eigenvalue weighted by Crippen LogP contribution is -2.50. The number of ether oxygens (including phenoxy) is 3. The van der Waals surface area contributed by atoms with Crippen molar-refractivity contribution in [1.82, 2.24) is 34.3 Å². The van der Waals surface area contributed by atoms with Crippen LogP contribution in [0.4, 0.5) is 10.5 Å². The van der Waals surface area contributed by atoms with E-state index in [4.69, 9.17) is 24.3 Å². The van der Waals surface area contributed by atoms with Crippen LogP contribution in [0.15, 0.2) is 36.9 Å². The van der Waals surface area contributed by atoms with Crippen molar-refractivity contribution in [2.45, 2.75) is 78.6 Å². The number of aromatic nitrogens is 6. The van der Waals surface area contributed by atoms with E-state index in [1.807, 2.05) is 50.0 Å². The maximum Gasteiger partial charge on any atom is 0.410 e. The van der Waals surface area contributed by atoms with Crippen LogP contribution in [0.25, 0.3) is 28.3 Å². The molecule has 5 heterocycles. The predicted octanol–water partition coefficient (Wildman–Crippen LogP) is 6.16. The van der Waals surface area contributed by atoms with Gasteiger partial charge < -0.3 is 24.0 Å². The number of amides is 1. The summed E-state index contributed by atoms with van der Waals surface area (Å²) in [4.78, 5) is 25.8. The second kappa shape index (κ2) is 13.4. The number of carbonyl (C=O) groups is 1. The zero-order valence-corrected chi connectivity index (χ0v) is 29.7. The number of piperazine rings is 1. The molecule has 0 bridgehead atoms. The van der Waals surface area contributed by atoms with Gasteiger partial charge in [-0.3, -0.25) is 4.98 Å². The standard InChI is InChI=1S/C33H48N8O4Si/c1-23(2)28-29(26-11-10-25(19-34-26)38-12-14-39(15-13-38)32(42)45-33(3,4)5)37-41(22-44-16-17-46(7,8)9)30(28)24-18-27(43-6)31-35-21-36-40(31)20-24/h10-11,18-21,23H,12-17,22H2,1-9H3. The van der Waals surface area contributed by atoms with E-state index in [2.05, 4.69) is 54.5 Å². The van der Waals surface area contributed by atoms with Crippen molar-refractivity contribution in [3.63, 3.8) is 0 Å². The van der Waals surface area contributed by atoms with Crippen LogP contribution < -0.4 is 9.64 Å². The van der Waals surface area contributed by atoms with Gasteiger partial charge in [0.1, 0.15) is 24.4 Å². The van der Waals surface area contributed by atoms with Crippen LogP contribution in [0.2, 0.25) is 25.7 Å². The number of pyridine rings is 2. The monoisotopic (exact) mass is 648 g/mol. The molecular weight excluding hydrogens is 601 g/mol. The molecule has 0 saturated carbocycles. The number of hydrogen-bond acceptors (Lipinski definition) is 9. The van der Waals surface area contributed by atoms with E-state index < -0.39 is 13.7 Å². The van der Waals surface area contributed by atoms with Crippen molar-refractivity contribution >= 4 is 25.5 Å². The summed E-state index contributed by atoms with van der Waals surface area (Å²) in [6.45, 7) is 20.7. The summed E-state index contributed by atoms with van der Waals surface area (Å²) in [5.74, 6) is 0.772. The van der Waals surface area contributed by atoms with Gasteiger partial charge in [-0.1, -0.05) is 33.5 Å². The highest BCUT2D eigenvalue weighted by Crippen LogP contribution is 2.38. The Labute approximate surface area is 272 Å². The summed E-state index contributed by atoms with van der Waals surface area (Å²) in [6.07, 6.45) is 5.12. The van der Waals surface area contributed by atoms with Gasteiger partial charge in [0.2, 0.25) is 0 Å². The third-order valence-electron chi connectivity index (χ3n) is 7.90. The van der Waals surface area contributed by atoms with Crippen LogP contribution in [-0.2, 0) is 16.2 Å². The van der Waals surface area contributed by atoms with Crippen LogP contribution >= 0.6 is 0 Å². The van der Waals surface area contributed by atoms with Crippen molar-refractivity contribution < 1.29 is 19.0 Å². The molecule has 1 amide bonds. The Kier molecular flexibility index (Phi) is 9.73. The van der Waals surface area contributed by atoms with Crippen LogP contribution in [0, 0.1) is 0 Å². The zero-order chi connectivity index (χ0) is 33.2. The fourth-order valence-corrected chi connectivity index (χ4v) is 6.26. The summed E-state index contributed by atoms with van der Waals surface area (Å²) in [5.41, 5.74) is 5.68. The summed E-state index contributed by atoms with van der Waals surface area (Å²) < 4.78 is 21.2. The lowest BCUT2D eigenvalue weighted by molar-refractivity contribution is 0.0240. The number of methoxy groups -OCH3 is 1. The van der Waals surface area contributed by atoms with E-state index in [0.29, 0.717) is 50.9 Å². The average molecular weight is 649 g/mol. The number of carbonyl (C=O) groups excluding carboxylic acids is 1. The molecule has 1 saturated heterocycles. The third-order valence-corrected chi connectivity index (χ3v) is 9.60. The van der Waals surface area contributed by atoms with Gasteiger partial charge in [0.25, 0.3) is 0 Å². The lowest BCUT2D eigenvalue weighted by atomic mass is 9.95. The molecular formula is C33H48N8O4Si. The van der Waals surface area contributed by atoms with Gasteiger partial charge in [0, 0.05) is 58.2 Å². The number of nitrogens with zero attached hydrogens (tertiary/aromatic N) is 8. The van der Waals surface area contributed by atoms with E-state index in [1.54, 1.807) is 16.5 Å². The summed E-state index contributed by atoms with van der Waals surface area (Å²) >= 11 is 0. The second-order valence-corrected chi connectivity index (χ2v) is 19.9. The average Bonchev–Trinajstić information content (AvgIpc) is 3.63. The van der Waals surface area contributed by atoms with E-state index in [0.717, 1.165) is 39.9 Å². The topological polar surface area (TPSA) is 112 Å². The Hall–Kier alpha value is -3.97. The zero-order valence-electron chi connectivity index (χ0n) is 28.7. The fraction of sp³-hybridized carbons (Fsp3) is 0.545. The maximum absolute atomic E-state index is 12.5. The van der Waals surface area contributed by atoms with Crippen LogP contribution in [-0.4, -0.2) is 93.9 Å². The maximum atomic E-state index is 12.5. The molecule has 46 heavy (non-hydrogen) atoms. The molecule has 1 aliphatic heterocycles. The van der Waals surface area contributed by atoms with Gasteiger partial charge in [-0.25, -0.2) is 19.0 Å². The van der Waals surface area contributed by atoms with Crippen molar-refractivity contribution in [3.8, 4) is 28.4 Å². The second-order valence-electron chi connectivity index (χ2n) is 14.3. The van der Waals surface area contributed by atoms with E-state index in [1.165, 1.54) is 6.33 Å².